The molecule has 0 aliphatic heterocycles. The lowest BCUT2D eigenvalue weighted by molar-refractivity contribution is -0.129. The molecule has 1 rings (SSSR count). The van der Waals surface area contributed by atoms with Gasteiger partial charge in [0.1, 0.15) is 5.75 Å². The average Bonchev–Trinajstić information content (AvgIpc) is 2.34. The molecule has 0 aliphatic rings. The van der Waals surface area contributed by atoms with Crippen molar-refractivity contribution in [1.82, 2.24) is 5.32 Å². The van der Waals surface area contributed by atoms with Crippen LogP contribution in [0.5, 0.6) is 5.75 Å². The second-order valence-electron chi connectivity index (χ2n) is 5.12. The molecule has 0 fully saturated rings. The third-order valence-corrected chi connectivity index (χ3v) is 3.49. The number of Topliss-reactive ketones (excluding diaryl/α,β-unsaturated/α-hetero) is 1. The van der Waals surface area contributed by atoms with Crippen molar-refractivity contribution in [2.24, 2.45) is 5.92 Å². The zero-order valence-corrected chi connectivity index (χ0v) is 13.8. The molecule has 0 bridgehead atoms. The van der Waals surface area contributed by atoms with Crippen LogP contribution in [0.4, 0.5) is 0 Å². The van der Waals surface area contributed by atoms with Gasteiger partial charge in [0.15, 0.2) is 12.4 Å². The van der Waals surface area contributed by atoms with Crippen LogP contribution in [0.2, 0.25) is 0 Å². The van der Waals surface area contributed by atoms with Crippen molar-refractivity contribution in [2.45, 2.75) is 33.7 Å². The molecule has 0 saturated carbocycles. The number of carbonyl (C=O) groups excluding carboxylic acids is 2. The van der Waals surface area contributed by atoms with Crippen molar-refractivity contribution in [3.63, 3.8) is 0 Å². The molecule has 1 aromatic rings. The fraction of sp³-hybridized carbons (Fsp3) is 0.467. The Balaban J connectivity index is 2.57. The topological polar surface area (TPSA) is 55.4 Å². The van der Waals surface area contributed by atoms with E-state index in [-0.39, 0.29) is 24.2 Å². The number of ketones is 1. The first kappa shape index (κ1) is 16.7. The van der Waals surface area contributed by atoms with E-state index in [1.807, 2.05) is 32.9 Å². The number of carbonyl (C=O) groups is 2. The first-order chi connectivity index (χ1) is 9.31. The van der Waals surface area contributed by atoms with Crippen molar-refractivity contribution < 1.29 is 14.3 Å². The summed E-state index contributed by atoms with van der Waals surface area (Å²) in [5, 5.41) is 2.69. The summed E-state index contributed by atoms with van der Waals surface area (Å²) in [5.41, 5.74) is 1.10. The summed E-state index contributed by atoms with van der Waals surface area (Å²) >= 11 is 3.38. The van der Waals surface area contributed by atoms with E-state index in [0.717, 1.165) is 10.0 Å². The summed E-state index contributed by atoms with van der Waals surface area (Å²) in [5.74, 6) is 0.313. The van der Waals surface area contributed by atoms with Crippen LogP contribution in [0.25, 0.3) is 0 Å². The summed E-state index contributed by atoms with van der Waals surface area (Å²) < 4.78 is 6.25. The lowest BCUT2D eigenvalue weighted by Gasteiger charge is -2.19. The van der Waals surface area contributed by atoms with Gasteiger partial charge in [-0.15, -0.1) is 0 Å². The molecule has 0 spiro atoms. The lowest BCUT2D eigenvalue weighted by atomic mass is 10.0. The highest BCUT2D eigenvalue weighted by Gasteiger charge is 2.20. The fourth-order valence-electron chi connectivity index (χ4n) is 1.82. The summed E-state index contributed by atoms with van der Waals surface area (Å²) in [6, 6.07) is 5.16. The van der Waals surface area contributed by atoms with Gasteiger partial charge in [0.25, 0.3) is 5.91 Å². The Labute approximate surface area is 128 Å². The molecule has 4 nitrogen and oxygen atoms in total. The highest BCUT2D eigenvalue weighted by molar-refractivity contribution is 9.10. The zero-order valence-electron chi connectivity index (χ0n) is 12.2. The number of aryl methyl sites for hydroxylation is 1. The summed E-state index contributed by atoms with van der Waals surface area (Å²) in [4.78, 5) is 23.2. The zero-order chi connectivity index (χ0) is 15.3. The van der Waals surface area contributed by atoms with Gasteiger partial charge in [-0.25, -0.2) is 0 Å². The molecule has 1 amide bonds. The standard InChI is InChI=1S/C15H20BrNO3/c1-9(2)15(11(4)18)17-14(19)8-20-13-6-5-10(3)7-12(13)16/h5-7,9,15H,8H2,1-4H3,(H,17,19). The molecule has 0 aromatic heterocycles. The van der Waals surface area contributed by atoms with E-state index in [1.54, 1.807) is 6.07 Å². The maximum Gasteiger partial charge on any atom is 0.258 e. The number of hydrogen-bond donors (Lipinski definition) is 1. The van der Waals surface area contributed by atoms with Crippen LogP contribution in [0, 0.1) is 12.8 Å². The minimum atomic E-state index is -0.465. The van der Waals surface area contributed by atoms with Crippen LogP contribution in [0.3, 0.4) is 0 Å². The van der Waals surface area contributed by atoms with Crippen LogP contribution < -0.4 is 10.1 Å². The molecule has 1 atom stereocenters. The van der Waals surface area contributed by atoms with Crippen molar-refractivity contribution in [3.05, 3.63) is 28.2 Å². The summed E-state index contributed by atoms with van der Waals surface area (Å²) in [6.07, 6.45) is 0. The van der Waals surface area contributed by atoms with E-state index in [4.69, 9.17) is 4.74 Å². The van der Waals surface area contributed by atoms with E-state index in [1.165, 1.54) is 6.92 Å². The van der Waals surface area contributed by atoms with Gasteiger partial charge in [-0.2, -0.15) is 0 Å². The first-order valence-corrected chi connectivity index (χ1v) is 7.29. The highest BCUT2D eigenvalue weighted by Crippen LogP contribution is 2.25. The SMILES string of the molecule is CC(=O)C(NC(=O)COc1ccc(C)cc1Br)C(C)C. The Bertz CT molecular complexity index is 500. The van der Waals surface area contributed by atoms with Crippen LogP contribution in [0.1, 0.15) is 26.3 Å². The molecule has 1 N–H and O–H groups in total. The Morgan fingerprint density at radius 1 is 1.35 bits per heavy atom. The predicted octanol–water partition coefficient (Wildman–Crippen LogP) is 2.87. The third-order valence-electron chi connectivity index (χ3n) is 2.87. The van der Waals surface area contributed by atoms with Gasteiger partial charge in [0.2, 0.25) is 0 Å². The monoisotopic (exact) mass is 341 g/mol. The third kappa shape index (κ3) is 4.96. The van der Waals surface area contributed by atoms with E-state index < -0.39 is 6.04 Å². The second-order valence-corrected chi connectivity index (χ2v) is 5.98. The lowest BCUT2D eigenvalue weighted by Crippen LogP contribution is -2.45. The van der Waals surface area contributed by atoms with Gasteiger partial charge >= 0.3 is 0 Å². The largest absolute Gasteiger partial charge is 0.483 e. The Morgan fingerprint density at radius 2 is 2.00 bits per heavy atom. The Hall–Kier alpha value is -1.36. The fourth-order valence-corrected chi connectivity index (χ4v) is 2.43. The Morgan fingerprint density at radius 3 is 2.50 bits per heavy atom. The molecule has 110 valence electrons. The number of amides is 1. The van der Waals surface area contributed by atoms with Gasteiger partial charge in [-0.3, -0.25) is 9.59 Å². The number of benzene rings is 1. The van der Waals surface area contributed by atoms with Gasteiger partial charge in [-0.1, -0.05) is 19.9 Å². The minimum absolute atomic E-state index is 0.0510. The van der Waals surface area contributed by atoms with E-state index in [2.05, 4.69) is 21.2 Å². The molecule has 1 aromatic carbocycles. The van der Waals surface area contributed by atoms with Crippen molar-refractivity contribution in [3.8, 4) is 5.75 Å². The van der Waals surface area contributed by atoms with Crippen LogP contribution in [-0.4, -0.2) is 24.3 Å². The summed E-state index contributed by atoms with van der Waals surface area (Å²) in [6.45, 7) is 7.12. The smallest absolute Gasteiger partial charge is 0.258 e. The minimum Gasteiger partial charge on any atom is -0.483 e. The van der Waals surface area contributed by atoms with E-state index >= 15 is 0 Å². The number of halogens is 1. The molecule has 0 aliphatic carbocycles. The molecule has 1 unspecified atom stereocenters. The number of rotatable bonds is 6. The normalized spacial score (nSPS) is 12.1. The van der Waals surface area contributed by atoms with Crippen molar-refractivity contribution in [2.75, 3.05) is 6.61 Å². The van der Waals surface area contributed by atoms with Crippen LogP contribution in [-0.2, 0) is 9.59 Å². The Kier molecular flexibility index (Phi) is 6.20. The van der Waals surface area contributed by atoms with Gasteiger partial charge in [-0.05, 0) is 53.4 Å². The van der Waals surface area contributed by atoms with Crippen LogP contribution >= 0.6 is 15.9 Å². The van der Waals surface area contributed by atoms with Gasteiger partial charge in [0, 0.05) is 0 Å². The molecule has 20 heavy (non-hydrogen) atoms. The molecular formula is C15H20BrNO3. The van der Waals surface area contributed by atoms with Gasteiger partial charge in [0.05, 0.1) is 10.5 Å². The van der Waals surface area contributed by atoms with E-state index in [9.17, 15) is 9.59 Å². The molecule has 0 saturated heterocycles. The molecular weight excluding hydrogens is 322 g/mol. The highest BCUT2D eigenvalue weighted by atomic mass is 79.9. The van der Waals surface area contributed by atoms with E-state index in [0.29, 0.717) is 5.75 Å². The molecule has 5 heteroatoms. The van der Waals surface area contributed by atoms with Crippen molar-refractivity contribution >= 4 is 27.6 Å². The number of ether oxygens (including phenoxy) is 1. The average molecular weight is 342 g/mol. The predicted molar refractivity (Wildman–Crippen MR) is 81.8 cm³/mol. The van der Waals surface area contributed by atoms with Gasteiger partial charge < -0.3 is 10.1 Å². The van der Waals surface area contributed by atoms with Crippen molar-refractivity contribution in [1.29, 1.82) is 0 Å². The number of nitrogens with one attached hydrogen (secondary N) is 1. The maximum atomic E-state index is 11.8. The first-order valence-electron chi connectivity index (χ1n) is 6.50. The molecule has 0 heterocycles. The number of hydrogen-bond acceptors (Lipinski definition) is 3. The second kappa shape index (κ2) is 7.43. The maximum absolute atomic E-state index is 11.8. The quantitative estimate of drug-likeness (QED) is 0.865. The summed E-state index contributed by atoms with van der Waals surface area (Å²) in [7, 11) is 0. The molecule has 0 radical (unpaired) electrons. The van der Waals surface area contributed by atoms with Crippen LogP contribution in [0.15, 0.2) is 22.7 Å².